The van der Waals surface area contributed by atoms with E-state index in [0.717, 1.165) is 49.1 Å². The van der Waals surface area contributed by atoms with Gasteiger partial charge in [0, 0.05) is 10.9 Å². The van der Waals surface area contributed by atoms with E-state index in [0.29, 0.717) is 18.1 Å². The van der Waals surface area contributed by atoms with E-state index in [1.54, 1.807) is 6.92 Å². The van der Waals surface area contributed by atoms with E-state index < -0.39 is 23.8 Å². The molecule has 4 nitrogen and oxygen atoms in total. The fourth-order valence-corrected chi connectivity index (χ4v) is 5.30. The molecule has 0 saturated carbocycles. The third kappa shape index (κ3) is 4.06. The number of aryl methyl sites for hydroxylation is 2. The van der Waals surface area contributed by atoms with E-state index in [4.69, 9.17) is 4.98 Å². The summed E-state index contributed by atoms with van der Waals surface area (Å²) in [4.78, 5) is 9.38. The molecule has 7 heteroatoms. The molecule has 1 unspecified atom stereocenters. The Morgan fingerprint density at radius 1 is 1.09 bits per heavy atom. The maximum atomic E-state index is 14.8. The maximum Gasteiger partial charge on any atom is 0.266 e. The quantitative estimate of drug-likeness (QED) is 0.444. The van der Waals surface area contributed by atoms with Gasteiger partial charge in [-0.2, -0.15) is 0 Å². The number of aliphatic hydroxyl groups excluding tert-OH is 1. The van der Waals surface area contributed by atoms with E-state index in [-0.39, 0.29) is 11.7 Å². The molecule has 1 heterocycles. The van der Waals surface area contributed by atoms with E-state index >= 15 is 0 Å². The van der Waals surface area contributed by atoms with Crippen molar-refractivity contribution in [2.24, 2.45) is 0 Å². The first-order valence-electron chi connectivity index (χ1n) is 11.9. The van der Waals surface area contributed by atoms with Gasteiger partial charge in [-0.3, -0.25) is 0 Å². The van der Waals surface area contributed by atoms with Gasteiger partial charge in [0.05, 0.1) is 23.2 Å². The van der Waals surface area contributed by atoms with Gasteiger partial charge in [-0.05, 0) is 80.7 Å². The van der Waals surface area contributed by atoms with Crippen LogP contribution in [-0.2, 0) is 12.8 Å². The number of anilines is 1. The van der Waals surface area contributed by atoms with Crippen LogP contribution in [0.5, 0.6) is 0 Å². The number of benzene rings is 2. The van der Waals surface area contributed by atoms with Gasteiger partial charge in [0.25, 0.3) is 6.43 Å². The number of hydrogen-bond acceptors (Lipinski definition) is 4. The molecule has 2 aromatic carbocycles. The fourth-order valence-electron chi connectivity index (χ4n) is 5.30. The van der Waals surface area contributed by atoms with Crippen molar-refractivity contribution in [3.05, 3.63) is 69.8 Å². The van der Waals surface area contributed by atoms with Crippen molar-refractivity contribution in [1.82, 2.24) is 9.97 Å². The van der Waals surface area contributed by atoms with Crippen molar-refractivity contribution >= 4 is 22.3 Å². The number of halogens is 3. The number of fused-ring (bicyclic) bond motifs is 3. The Balaban J connectivity index is 1.61. The van der Waals surface area contributed by atoms with E-state index in [9.17, 15) is 18.3 Å². The Bertz CT molecular complexity index is 1290. The van der Waals surface area contributed by atoms with Gasteiger partial charge >= 0.3 is 0 Å². The van der Waals surface area contributed by atoms with Gasteiger partial charge in [0.1, 0.15) is 17.5 Å². The van der Waals surface area contributed by atoms with Crippen LogP contribution in [0.1, 0.15) is 78.7 Å². The molecule has 2 atom stereocenters. The lowest BCUT2D eigenvalue weighted by Crippen LogP contribution is -2.13. The van der Waals surface area contributed by atoms with Crippen molar-refractivity contribution in [1.29, 1.82) is 0 Å². The van der Waals surface area contributed by atoms with Gasteiger partial charge in [0.2, 0.25) is 0 Å². The predicted molar refractivity (Wildman–Crippen MR) is 128 cm³/mol. The smallest absolute Gasteiger partial charge is 0.266 e. The summed E-state index contributed by atoms with van der Waals surface area (Å²) in [5.74, 6) is 0.287. The summed E-state index contributed by atoms with van der Waals surface area (Å²) in [5, 5.41) is 14.1. The SMILES string of the molecule is Cc1nc(N[C@H](C)c2cccc(C(F)F)c2F)c2cc(C3=CCC(O)CC3)c3c(c2n1)CCC3. The molecular weight excluding hydrogens is 439 g/mol. The average Bonchev–Trinajstić information content (AvgIpc) is 3.29. The largest absolute Gasteiger partial charge is 0.393 e. The highest BCUT2D eigenvalue weighted by molar-refractivity contribution is 5.96. The lowest BCUT2D eigenvalue weighted by molar-refractivity contribution is 0.146. The Morgan fingerprint density at radius 2 is 1.85 bits per heavy atom. The number of allylic oxidation sites excluding steroid dienone is 1. The van der Waals surface area contributed by atoms with E-state index in [2.05, 4.69) is 22.4 Å². The van der Waals surface area contributed by atoms with Crippen molar-refractivity contribution in [2.45, 2.75) is 70.9 Å². The standard InChI is InChI=1S/C27H28F3N3O/c1-14(18-5-3-8-21(24(18)28)26(29)30)31-27-23-13-22(16-9-11-17(34)12-10-16)19-6-4-7-20(19)25(23)32-15(2)33-27/h3,5,8-9,13-14,17,26,34H,4,6-7,10-12H2,1-2H3,(H,31,32,33)/t14-,17?/m1/s1. The summed E-state index contributed by atoms with van der Waals surface area (Å²) in [7, 11) is 0. The Hall–Kier alpha value is -2.93. The molecule has 0 spiro atoms. The summed E-state index contributed by atoms with van der Waals surface area (Å²) in [6.45, 7) is 3.57. The van der Waals surface area contributed by atoms with Crippen LogP contribution in [0.3, 0.4) is 0 Å². The van der Waals surface area contributed by atoms with Crippen LogP contribution in [0.2, 0.25) is 0 Å². The minimum atomic E-state index is -2.87. The minimum absolute atomic E-state index is 0.174. The van der Waals surface area contributed by atoms with Crippen molar-refractivity contribution in [2.75, 3.05) is 5.32 Å². The van der Waals surface area contributed by atoms with Gasteiger partial charge in [-0.25, -0.2) is 23.1 Å². The maximum absolute atomic E-state index is 14.8. The average molecular weight is 468 g/mol. The van der Waals surface area contributed by atoms with Crippen LogP contribution < -0.4 is 5.32 Å². The summed E-state index contributed by atoms with van der Waals surface area (Å²) in [5.41, 5.74) is 5.45. The molecule has 2 N–H and O–H groups in total. The highest BCUT2D eigenvalue weighted by Gasteiger charge is 2.26. The first-order valence-corrected chi connectivity index (χ1v) is 11.9. The zero-order chi connectivity index (χ0) is 24.0. The number of aliphatic hydroxyl groups is 1. The van der Waals surface area contributed by atoms with Crippen molar-refractivity contribution in [3.8, 4) is 0 Å². The second kappa shape index (κ2) is 9.02. The molecular formula is C27H28F3N3O. The van der Waals surface area contributed by atoms with Crippen molar-refractivity contribution < 1.29 is 18.3 Å². The molecule has 3 aromatic rings. The second-order valence-electron chi connectivity index (χ2n) is 9.33. The zero-order valence-electron chi connectivity index (χ0n) is 19.3. The topological polar surface area (TPSA) is 58.0 Å². The third-order valence-electron chi connectivity index (χ3n) is 7.02. The third-order valence-corrected chi connectivity index (χ3v) is 7.02. The van der Waals surface area contributed by atoms with Crippen molar-refractivity contribution in [3.63, 3.8) is 0 Å². The molecule has 2 aliphatic carbocycles. The molecule has 0 radical (unpaired) electrons. The molecule has 5 rings (SSSR count). The van der Waals surface area contributed by atoms with Gasteiger partial charge in [-0.1, -0.05) is 24.3 Å². The predicted octanol–water partition coefficient (Wildman–Crippen LogP) is 6.60. The number of rotatable bonds is 5. The lowest BCUT2D eigenvalue weighted by atomic mass is 9.87. The first kappa shape index (κ1) is 22.8. The van der Waals surface area contributed by atoms with Gasteiger partial charge < -0.3 is 10.4 Å². The Kier molecular flexibility index (Phi) is 6.06. The summed E-state index contributed by atoms with van der Waals surface area (Å²) >= 11 is 0. The Morgan fingerprint density at radius 3 is 2.59 bits per heavy atom. The first-order chi connectivity index (χ1) is 16.3. The molecule has 0 bridgehead atoms. The minimum Gasteiger partial charge on any atom is -0.393 e. The number of alkyl halides is 2. The molecule has 0 aliphatic heterocycles. The van der Waals surface area contributed by atoms with Crippen LogP contribution in [0.4, 0.5) is 19.0 Å². The number of aromatic nitrogens is 2. The summed E-state index contributed by atoms with van der Waals surface area (Å²) in [6.07, 6.45) is 4.16. The Labute approximate surface area is 196 Å². The molecule has 0 fully saturated rings. The van der Waals surface area contributed by atoms with Crippen LogP contribution in [-0.4, -0.2) is 21.2 Å². The molecule has 34 heavy (non-hydrogen) atoms. The highest BCUT2D eigenvalue weighted by atomic mass is 19.3. The normalized spacial score (nSPS) is 18.8. The number of nitrogens with zero attached hydrogens (tertiary/aromatic N) is 2. The summed E-state index contributed by atoms with van der Waals surface area (Å²) < 4.78 is 41.3. The summed E-state index contributed by atoms with van der Waals surface area (Å²) in [6, 6.07) is 5.64. The monoisotopic (exact) mass is 467 g/mol. The zero-order valence-corrected chi connectivity index (χ0v) is 19.3. The van der Waals surface area contributed by atoms with Crippen LogP contribution >= 0.6 is 0 Å². The van der Waals surface area contributed by atoms with Crippen LogP contribution in [0.15, 0.2) is 30.3 Å². The number of nitrogens with one attached hydrogen (secondary N) is 1. The molecule has 0 amide bonds. The molecule has 2 aliphatic rings. The molecule has 0 saturated heterocycles. The van der Waals surface area contributed by atoms with Gasteiger partial charge in [-0.15, -0.1) is 0 Å². The van der Waals surface area contributed by atoms with E-state index in [1.165, 1.54) is 34.4 Å². The molecule has 1 aromatic heterocycles. The lowest BCUT2D eigenvalue weighted by Gasteiger charge is -2.22. The molecule has 178 valence electrons. The van der Waals surface area contributed by atoms with Gasteiger partial charge in [0.15, 0.2) is 0 Å². The second-order valence-corrected chi connectivity index (χ2v) is 9.33. The van der Waals surface area contributed by atoms with E-state index in [1.807, 2.05) is 6.92 Å². The highest BCUT2D eigenvalue weighted by Crippen LogP contribution is 2.40. The van der Waals surface area contributed by atoms with Crippen LogP contribution in [0, 0.1) is 12.7 Å². The number of hydrogen-bond donors (Lipinski definition) is 2. The van der Waals surface area contributed by atoms with Crippen LogP contribution in [0.25, 0.3) is 16.5 Å². The fraction of sp³-hybridized carbons (Fsp3) is 0.407.